The highest BCUT2D eigenvalue weighted by Gasteiger charge is 2.46. The Kier molecular flexibility index (Phi) is 12.4. The zero-order valence-electron chi connectivity index (χ0n) is 30.4. The normalized spacial score (nSPS) is 26.3. The Morgan fingerprint density at radius 2 is 1.80 bits per heavy atom. The van der Waals surface area contributed by atoms with Crippen molar-refractivity contribution in [2.75, 3.05) is 18.4 Å². The Labute approximate surface area is 298 Å². The topological polar surface area (TPSA) is 179 Å². The van der Waals surface area contributed by atoms with Gasteiger partial charge in [0, 0.05) is 29.8 Å². The standard InChI is InChI=1S/C35H54N6O8S/c1-33(2,3)39-30-36-23-16-18-40(21-26(23)50-30)32(47)48-22-19-25-27(42)38-35(7,29(44)45)17-14-12-10-8-9-11-13-15-24(28(43)41(25)20-22)37-31(46)49-34(4,5)6/h10,12,22,24-25H,8-9,11,13-21H2,1-7H3,(H,36,39)(H,37,46)(H,38,42)(H,44,45)/b12-10-/t22-,24+,25+,35+/m1/s1. The molecule has 278 valence electrons. The number of carbonyl (C=O) groups excluding carboxylic acids is 4. The van der Waals surface area contributed by atoms with Crippen LogP contribution in [0.15, 0.2) is 12.2 Å². The SMILES string of the molecule is CC(C)(C)Nc1nc2c(s1)CN(C(=O)O[C@@H]1C[C@H]3C(=O)N[C@](C)(C(=O)O)CC/C=C\CCCCC[C@H](NC(=O)OC(C)(C)C)C(=O)N3C1)CC2. The Morgan fingerprint density at radius 1 is 1.08 bits per heavy atom. The quantitative estimate of drug-likeness (QED) is 0.311. The number of amides is 4. The maximum Gasteiger partial charge on any atom is 0.410 e. The van der Waals surface area contributed by atoms with Gasteiger partial charge >= 0.3 is 18.2 Å². The van der Waals surface area contributed by atoms with Crippen molar-refractivity contribution in [3.8, 4) is 0 Å². The van der Waals surface area contributed by atoms with Crippen molar-refractivity contribution in [1.29, 1.82) is 0 Å². The lowest BCUT2D eigenvalue weighted by Crippen LogP contribution is -2.59. The number of carboxylic acids is 1. The summed E-state index contributed by atoms with van der Waals surface area (Å²) in [6.45, 7) is 13.4. The van der Waals surface area contributed by atoms with Gasteiger partial charge in [-0.2, -0.15) is 0 Å². The maximum atomic E-state index is 14.2. The summed E-state index contributed by atoms with van der Waals surface area (Å²) in [5.41, 5.74) is -1.62. The smallest absolute Gasteiger partial charge is 0.410 e. The summed E-state index contributed by atoms with van der Waals surface area (Å²) in [6, 6.07) is -2.14. The van der Waals surface area contributed by atoms with Crippen LogP contribution in [0, 0.1) is 0 Å². The molecule has 3 aliphatic rings. The monoisotopic (exact) mass is 718 g/mol. The molecule has 4 N–H and O–H groups in total. The fourth-order valence-electron chi connectivity index (χ4n) is 6.20. The third kappa shape index (κ3) is 10.8. The molecule has 4 heterocycles. The number of thiazole rings is 1. The summed E-state index contributed by atoms with van der Waals surface area (Å²) in [4.78, 5) is 75.4. The molecule has 4 rings (SSSR count). The first-order valence-corrected chi connectivity index (χ1v) is 18.4. The summed E-state index contributed by atoms with van der Waals surface area (Å²) < 4.78 is 11.4. The highest BCUT2D eigenvalue weighted by Crippen LogP contribution is 2.31. The number of ether oxygens (including phenoxy) is 2. The molecule has 1 aromatic rings. The van der Waals surface area contributed by atoms with E-state index in [2.05, 4.69) is 36.7 Å². The van der Waals surface area contributed by atoms with E-state index in [1.807, 2.05) is 12.2 Å². The number of anilines is 1. The molecule has 4 amide bonds. The number of nitrogens with one attached hydrogen (secondary N) is 3. The van der Waals surface area contributed by atoms with Crippen molar-refractivity contribution in [2.45, 2.75) is 148 Å². The minimum atomic E-state index is -1.60. The molecule has 15 heteroatoms. The highest BCUT2D eigenvalue weighted by molar-refractivity contribution is 7.15. The van der Waals surface area contributed by atoms with E-state index in [-0.39, 0.29) is 24.9 Å². The third-order valence-corrected chi connectivity index (χ3v) is 9.79. The number of hydrogen-bond donors (Lipinski definition) is 4. The first-order valence-electron chi connectivity index (χ1n) is 17.6. The van der Waals surface area contributed by atoms with Crippen LogP contribution in [-0.2, 0) is 36.8 Å². The molecular formula is C35H54N6O8S. The van der Waals surface area contributed by atoms with Gasteiger partial charge in [0.2, 0.25) is 11.8 Å². The lowest BCUT2D eigenvalue weighted by Gasteiger charge is -2.32. The van der Waals surface area contributed by atoms with Crippen LogP contribution in [-0.4, -0.2) is 97.8 Å². The number of allylic oxidation sites excluding steroid dienone is 2. The summed E-state index contributed by atoms with van der Waals surface area (Å²) in [5.74, 6) is -2.39. The lowest BCUT2D eigenvalue weighted by atomic mass is 9.94. The number of carboxylic acid groups (broad SMARTS) is 1. The van der Waals surface area contributed by atoms with Crippen LogP contribution in [0.2, 0.25) is 0 Å². The number of rotatable bonds is 4. The van der Waals surface area contributed by atoms with Crippen LogP contribution >= 0.6 is 11.3 Å². The maximum absolute atomic E-state index is 14.2. The summed E-state index contributed by atoms with van der Waals surface area (Å²) in [7, 11) is 0. The van der Waals surface area contributed by atoms with E-state index >= 15 is 0 Å². The fraction of sp³-hybridized carbons (Fsp3) is 0.714. The molecule has 14 nitrogen and oxygen atoms in total. The van der Waals surface area contributed by atoms with Gasteiger partial charge in [0.25, 0.3) is 0 Å². The molecular weight excluding hydrogens is 664 g/mol. The first-order chi connectivity index (χ1) is 23.3. The number of aliphatic carboxylic acids is 1. The number of carbonyl (C=O) groups is 5. The second-order valence-corrected chi connectivity index (χ2v) is 16.7. The molecule has 0 radical (unpaired) electrons. The number of fused-ring (bicyclic) bond motifs is 2. The van der Waals surface area contributed by atoms with Gasteiger partial charge in [-0.05, 0) is 80.6 Å². The van der Waals surface area contributed by atoms with Crippen LogP contribution < -0.4 is 16.0 Å². The molecule has 3 aliphatic heterocycles. The van der Waals surface area contributed by atoms with Crippen molar-refractivity contribution in [1.82, 2.24) is 25.4 Å². The number of aromatic nitrogens is 1. The van der Waals surface area contributed by atoms with E-state index in [4.69, 9.17) is 14.5 Å². The number of hydrogen-bond acceptors (Lipinski definition) is 10. The molecule has 0 aromatic carbocycles. The zero-order valence-corrected chi connectivity index (χ0v) is 31.2. The predicted octanol–water partition coefficient (Wildman–Crippen LogP) is 4.97. The van der Waals surface area contributed by atoms with E-state index in [0.29, 0.717) is 38.8 Å². The molecule has 1 aromatic heterocycles. The molecule has 0 bridgehead atoms. The Hall–Kier alpha value is -3.88. The summed E-state index contributed by atoms with van der Waals surface area (Å²) in [5, 5.41) is 19.7. The molecule has 0 saturated carbocycles. The molecule has 1 saturated heterocycles. The molecule has 0 spiro atoms. The van der Waals surface area contributed by atoms with E-state index in [1.165, 1.54) is 23.2 Å². The van der Waals surface area contributed by atoms with Crippen LogP contribution in [0.5, 0.6) is 0 Å². The average molecular weight is 719 g/mol. The molecule has 0 unspecified atom stereocenters. The Morgan fingerprint density at radius 3 is 2.48 bits per heavy atom. The van der Waals surface area contributed by atoms with Gasteiger partial charge < -0.3 is 40.3 Å². The van der Waals surface area contributed by atoms with Crippen LogP contribution in [0.25, 0.3) is 0 Å². The lowest BCUT2D eigenvalue weighted by molar-refractivity contribution is -0.149. The van der Waals surface area contributed by atoms with Gasteiger partial charge in [0.05, 0.1) is 18.8 Å². The van der Waals surface area contributed by atoms with E-state index in [1.54, 1.807) is 25.7 Å². The van der Waals surface area contributed by atoms with E-state index < -0.39 is 59.3 Å². The van der Waals surface area contributed by atoms with Gasteiger partial charge in [-0.1, -0.05) is 36.3 Å². The number of alkyl carbamates (subject to hydrolysis) is 1. The minimum Gasteiger partial charge on any atom is -0.480 e. The van der Waals surface area contributed by atoms with Gasteiger partial charge in [0.1, 0.15) is 29.3 Å². The van der Waals surface area contributed by atoms with Gasteiger partial charge in [0.15, 0.2) is 5.13 Å². The number of nitrogens with zero attached hydrogens (tertiary/aromatic N) is 3. The van der Waals surface area contributed by atoms with Gasteiger partial charge in [-0.15, -0.1) is 0 Å². The predicted molar refractivity (Wildman–Crippen MR) is 189 cm³/mol. The van der Waals surface area contributed by atoms with Crippen molar-refractivity contribution < 1.29 is 38.6 Å². The average Bonchev–Trinajstić information content (AvgIpc) is 3.59. The fourth-order valence-corrected chi connectivity index (χ4v) is 7.43. The van der Waals surface area contributed by atoms with Crippen molar-refractivity contribution >= 4 is 46.4 Å². The summed E-state index contributed by atoms with van der Waals surface area (Å²) in [6.07, 6.45) is 6.25. The van der Waals surface area contributed by atoms with Crippen LogP contribution in [0.4, 0.5) is 14.7 Å². The van der Waals surface area contributed by atoms with Crippen molar-refractivity contribution in [3.63, 3.8) is 0 Å². The van der Waals surface area contributed by atoms with Gasteiger partial charge in [-0.25, -0.2) is 19.4 Å². The molecule has 1 fully saturated rings. The Bertz CT molecular complexity index is 1450. The van der Waals surface area contributed by atoms with E-state index in [0.717, 1.165) is 35.0 Å². The van der Waals surface area contributed by atoms with Crippen LogP contribution in [0.3, 0.4) is 0 Å². The van der Waals surface area contributed by atoms with Crippen molar-refractivity contribution in [3.05, 3.63) is 22.7 Å². The minimum absolute atomic E-state index is 0.0304. The zero-order chi connectivity index (χ0) is 36.9. The largest absolute Gasteiger partial charge is 0.480 e. The van der Waals surface area contributed by atoms with E-state index in [9.17, 15) is 29.1 Å². The second kappa shape index (κ2) is 16.0. The molecule has 0 aliphatic carbocycles. The van der Waals surface area contributed by atoms with Crippen molar-refractivity contribution in [2.24, 2.45) is 0 Å². The summed E-state index contributed by atoms with van der Waals surface area (Å²) >= 11 is 1.50. The second-order valence-electron chi connectivity index (χ2n) is 15.7. The molecule has 50 heavy (non-hydrogen) atoms. The third-order valence-electron chi connectivity index (χ3n) is 8.79. The Balaban J connectivity index is 1.55. The highest BCUT2D eigenvalue weighted by atomic mass is 32.1. The first kappa shape index (κ1) is 38.9. The van der Waals surface area contributed by atoms with Gasteiger partial charge in [-0.3, -0.25) is 9.59 Å². The van der Waals surface area contributed by atoms with Crippen LogP contribution in [0.1, 0.15) is 110 Å². The molecule has 4 atom stereocenters.